The topological polar surface area (TPSA) is 86.4 Å². The molecule has 0 aromatic carbocycles. The van der Waals surface area contributed by atoms with Crippen LogP contribution < -0.4 is 10.6 Å². The Morgan fingerprint density at radius 1 is 1.35 bits per heavy atom. The lowest BCUT2D eigenvalue weighted by Crippen LogP contribution is -2.51. The molecular weight excluding hydrogens is 274 g/mol. The molecule has 8 heteroatoms. The molecule has 0 radical (unpaired) electrons. The zero-order valence-corrected chi connectivity index (χ0v) is 11.9. The summed E-state index contributed by atoms with van der Waals surface area (Å²) in [4.78, 5) is 13.1. The Morgan fingerprint density at radius 2 is 2.20 bits per heavy atom. The lowest BCUT2D eigenvalue weighted by atomic mass is 10.3. The van der Waals surface area contributed by atoms with Gasteiger partial charge in [0.15, 0.2) is 11.1 Å². The highest BCUT2D eigenvalue weighted by Crippen LogP contribution is 2.18. The first-order valence-corrected chi connectivity index (χ1v) is 7.38. The van der Waals surface area contributed by atoms with Crippen molar-refractivity contribution >= 4 is 22.4 Å². The lowest BCUT2D eigenvalue weighted by molar-refractivity contribution is 0.380. The van der Waals surface area contributed by atoms with Crippen molar-refractivity contribution in [1.29, 1.82) is 0 Å². The Morgan fingerprint density at radius 3 is 2.85 bits per heavy atom. The molecule has 0 unspecified atom stereocenters. The highest BCUT2D eigenvalue weighted by molar-refractivity contribution is 7.13. The summed E-state index contributed by atoms with van der Waals surface area (Å²) in [5.41, 5.74) is 7.01. The van der Waals surface area contributed by atoms with Crippen LogP contribution >= 0.6 is 11.3 Å². The van der Waals surface area contributed by atoms with E-state index in [1.807, 2.05) is 17.6 Å². The van der Waals surface area contributed by atoms with Crippen LogP contribution in [0.25, 0.3) is 0 Å². The first-order chi connectivity index (χ1) is 9.83. The molecule has 2 aromatic rings. The fraction of sp³-hybridized carbons (Fsp3) is 0.417. The molecule has 0 atom stereocenters. The highest BCUT2D eigenvalue weighted by atomic mass is 32.1. The first-order valence-electron chi connectivity index (χ1n) is 6.50. The molecule has 0 spiro atoms. The molecule has 3 N–H and O–H groups in total. The monoisotopic (exact) mass is 291 g/mol. The standard InChI is InChI=1S/C12H17N7S/c13-11(15-9-10-1-2-16-17-10)18-4-6-19(7-5-18)12-14-3-8-20-12/h1-3,8H,4-7,9H2,(H2,13,15)(H,16,17). The number of aromatic amines is 1. The zero-order chi connectivity index (χ0) is 13.8. The van der Waals surface area contributed by atoms with E-state index in [-0.39, 0.29) is 0 Å². The predicted octanol–water partition coefficient (Wildman–Crippen LogP) is 0.503. The molecule has 3 heterocycles. The molecule has 0 amide bonds. The average molecular weight is 291 g/mol. The molecule has 1 aliphatic rings. The summed E-state index contributed by atoms with van der Waals surface area (Å²) < 4.78 is 0. The number of nitrogens with two attached hydrogens (primary N) is 1. The van der Waals surface area contributed by atoms with E-state index in [1.165, 1.54) is 0 Å². The van der Waals surface area contributed by atoms with Crippen molar-refractivity contribution in [3.05, 3.63) is 29.5 Å². The molecule has 0 bridgehead atoms. The van der Waals surface area contributed by atoms with Crippen LogP contribution in [0.2, 0.25) is 0 Å². The van der Waals surface area contributed by atoms with Gasteiger partial charge in [0.05, 0.1) is 12.2 Å². The summed E-state index contributed by atoms with van der Waals surface area (Å²) in [6.07, 6.45) is 3.56. The van der Waals surface area contributed by atoms with Crippen molar-refractivity contribution in [3.8, 4) is 0 Å². The van der Waals surface area contributed by atoms with Crippen LogP contribution in [0.15, 0.2) is 28.8 Å². The SMILES string of the molecule is NC(=NCc1ccn[nH]1)N1CCN(c2nccs2)CC1. The second-order valence-corrected chi connectivity index (χ2v) is 5.42. The fourth-order valence-electron chi connectivity index (χ4n) is 2.14. The Labute approximate surface area is 121 Å². The molecule has 20 heavy (non-hydrogen) atoms. The van der Waals surface area contributed by atoms with Crippen LogP contribution in [0.1, 0.15) is 5.69 Å². The van der Waals surface area contributed by atoms with E-state index >= 15 is 0 Å². The van der Waals surface area contributed by atoms with Crippen LogP contribution in [-0.4, -0.2) is 52.2 Å². The average Bonchev–Trinajstić information content (AvgIpc) is 3.18. The van der Waals surface area contributed by atoms with E-state index in [0.717, 1.165) is 37.0 Å². The van der Waals surface area contributed by atoms with Crippen molar-refractivity contribution in [2.24, 2.45) is 10.7 Å². The van der Waals surface area contributed by atoms with Gasteiger partial charge >= 0.3 is 0 Å². The van der Waals surface area contributed by atoms with Gasteiger partial charge in [0.1, 0.15) is 0 Å². The zero-order valence-electron chi connectivity index (χ0n) is 11.1. The molecule has 3 rings (SSSR count). The third-order valence-electron chi connectivity index (χ3n) is 3.26. The van der Waals surface area contributed by atoms with Gasteiger partial charge in [-0.05, 0) is 6.07 Å². The molecule has 0 aliphatic carbocycles. The maximum absolute atomic E-state index is 6.04. The van der Waals surface area contributed by atoms with Gasteiger partial charge in [-0.15, -0.1) is 11.3 Å². The minimum Gasteiger partial charge on any atom is -0.370 e. The molecule has 106 valence electrons. The summed E-state index contributed by atoms with van der Waals surface area (Å²) >= 11 is 1.67. The fourth-order valence-corrected chi connectivity index (χ4v) is 2.83. The number of guanidine groups is 1. The summed E-state index contributed by atoms with van der Waals surface area (Å²) in [5.74, 6) is 0.596. The largest absolute Gasteiger partial charge is 0.370 e. The smallest absolute Gasteiger partial charge is 0.191 e. The van der Waals surface area contributed by atoms with E-state index in [0.29, 0.717) is 12.5 Å². The quantitative estimate of drug-likeness (QED) is 0.635. The number of nitrogens with zero attached hydrogens (tertiary/aromatic N) is 5. The number of rotatable bonds is 3. The summed E-state index contributed by atoms with van der Waals surface area (Å²) in [6, 6.07) is 1.90. The highest BCUT2D eigenvalue weighted by Gasteiger charge is 2.19. The molecule has 7 nitrogen and oxygen atoms in total. The van der Waals surface area contributed by atoms with E-state index in [9.17, 15) is 0 Å². The summed E-state index contributed by atoms with van der Waals surface area (Å²) in [5, 5.41) is 9.85. The van der Waals surface area contributed by atoms with Crippen molar-refractivity contribution in [2.45, 2.75) is 6.54 Å². The van der Waals surface area contributed by atoms with Crippen LogP contribution in [0, 0.1) is 0 Å². The van der Waals surface area contributed by atoms with Gasteiger partial charge in [-0.3, -0.25) is 5.10 Å². The molecule has 0 saturated carbocycles. The molecule has 1 fully saturated rings. The number of thiazole rings is 1. The Balaban J connectivity index is 1.53. The predicted molar refractivity (Wildman–Crippen MR) is 79.8 cm³/mol. The van der Waals surface area contributed by atoms with E-state index in [4.69, 9.17) is 5.73 Å². The Kier molecular flexibility index (Phi) is 3.82. The van der Waals surface area contributed by atoms with Crippen molar-refractivity contribution in [1.82, 2.24) is 20.1 Å². The second kappa shape index (κ2) is 5.91. The van der Waals surface area contributed by atoms with E-state index in [1.54, 1.807) is 17.5 Å². The number of aromatic nitrogens is 3. The normalized spacial score (nSPS) is 16.7. The van der Waals surface area contributed by atoms with Crippen LogP contribution in [0.3, 0.4) is 0 Å². The number of piperazine rings is 1. The molecule has 1 aliphatic heterocycles. The Hall–Kier alpha value is -2.09. The van der Waals surface area contributed by atoms with Gasteiger partial charge in [-0.25, -0.2) is 9.98 Å². The van der Waals surface area contributed by atoms with Gasteiger partial charge in [0.2, 0.25) is 0 Å². The Bertz CT molecular complexity index is 540. The van der Waals surface area contributed by atoms with Crippen LogP contribution in [-0.2, 0) is 6.54 Å². The third kappa shape index (κ3) is 2.90. The van der Waals surface area contributed by atoms with Crippen LogP contribution in [0.5, 0.6) is 0 Å². The summed E-state index contributed by atoms with van der Waals surface area (Å²) in [6.45, 7) is 4.13. The first kappa shape index (κ1) is 12.9. The van der Waals surface area contributed by atoms with E-state index < -0.39 is 0 Å². The number of anilines is 1. The third-order valence-corrected chi connectivity index (χ3v) is 4.10. The van der Waals surface area contributed by atoms with Crippen molar-refractivity contribution < 1.29 is 0 Å². The number of hydrogen-bond donors (Lipinski definition) is 2. The second-order valence-electron chi connectivity index (χ2n) is 4.55. The minimum absolute atomic E-state index is 0.540. The number of hydrogen-bond acceptors (Lipinski definition) is 5. The lowest BCUT2D eigenvalue weighted by Gasteiger charge is -2.35. The summed E-state index contributed by atoms with van der Waals surface area (Å²) in [7, 11) is 0. The molecule has 2 aromatic heterocycles. The minimum atomic E-state index is 0.540. The molecular formula is C12H17N7S. The van der Waals surface area contributed by atoms with Crippen molar-refractivity contribution in [3.63, 3.8) is 0 Å². The van der Waals surface area contributed by atoms with Gasteiger partial charge in [-0.2, -0.15) is 5.10 Å². The number of H-pyrrole nitrogens is 1. The van der Waals surface area contributed by atoms with Crippen LogP contribution in [0.4, 0.5) is 5.13 Å². The van der Waals surface area contributed by atoms with E-state index in [2.05, 4.69) is 30.0 Å². The maximum Gasteiger partial charge on any atom is 0.191 e. The van der Waals surface area contributed by atoms with Gasteiger partial charge in [0.25, 0.3) is 0 Å². The van der Waals surface area contributed by atoms with Gasteiger partial charge in [0, 0.05) is 44.0 Å². The van der Waals surface area contributed by atoms with Gasteiger partial charge < -0.3 is 15.5 Å². The van der Waals surface area contributed by atoms with Crippen molar-refractivity contribution in [2.75, 3.05) is 31.1 Å². The maximum atomic E-state index is 6.04. The number of nitrogens with one attached hydrogen (secondary N) is 1. The van der Waals surface area contributed by atoms with Gasteiger partial charge in [-0.1, -0.05) is 0 Å². The molecule has 1 saturated heterocycles. The number of aliphatic imine (C=N–C) groups is 1.